The lowest BCUT2D eigenvalue weighted by Crippen LogP contribution is -2.44. The summed E-state index contributed by atoms with van der Waals surface area (Å²) < 4.78 is 19.5. The van der Waals surface area contributed by atoms with E-state index in [2.05, 4.69) is 16.0 Å². The predicted molar refractivity (Wildman–Crippen MR) is 103 cm³/mol. The van der Waals surface area contributed by atoms with E-state index in [1.54, 1.807) is 24.3 Å². The van der Waals surface area contributed by atoms with Crippen LogP contribution in [0.4, 0.5) is 9.18 Å². The summed E-state index contributed by atoms with van der Waals surface area (Å²) in [6, 6.07) is 9.16. The van der Waals surface area contributed by atoms with Gasteiger partial charge in [0.2, 0.25) is 5.91 Å². The minimum absolute atomic E-state index is 0.0771. The zero-order chi connectivity index (χ0) is 19.8. The smallest absolute Gasteiger partial charge is 0.315 e. The first-order valence-corrected chi connectivity index (χ1v) is 9.15. The molecule has 1 aliphatic rings. The summed E-state index contributed by atoms with van der Waals surface area (Å²) in [4.78, 5) is 24.0. The van der Waals surface area contributed by atoms with Gasteiger partial charge in [-0.25, -0.2) is 9.18 Å². The molecule has 0 saturated carbocycles. The fourth-order valence-electron chi connectivity index (χ4n) is 3.04. The van der Waals surface area contributed by atoms with Crippen LogP contribution in [-0.2, 0) is 4.79 Å². The number of urea groups is 1. The summed E-state index contributed by atoms with van der Waals surface area (Å²) >= 11 is 12.0. The Morgan fingerprint density at radius 1 is 1.21 bits per heavy atom. The second-order valence-electron chi connectivity index (χ2n) is 6.35. The Morgan fingerprint density at radius 2 is 2.04 bits per heavy atom. The Morgan fingerprint density at radius 3 is 2.75 bits per heavy atom. The Bertz CT molecular complexity index is 1090. The number of furan rings is 1. The lowest BCUT2D eigenvalue weighted by Gasteiger charge is -2.19. The van der Waals surface area contributed by atoms with E-state index >= 15 is 0 Å². The summed E-state index contributed by atoms with van der Waals surface area (Å²) in [7, 11) is 0. The van der Waals surface area contributed by atoms with E-state index in [1.165, 1.54) is 18.2 Å². The summed E-state index contributed by atoms with van der Waals surface area (Å²) in [5, 5.41) is 9.11. The monoisotopic (exact) mass is 421 g/mol. The van der Waals surface area contributed by atoms with Crippen molar-refractivity contribution < 1.29 is 18.4 Å². The number of fused-ring (bicyclic) bond motifs is 1. The molecule has 3 N–H and O–H groups in total. The van der Waals surface area contributed by atoms with E-state index in [-0.39, 0.29) is 11.6 Å². The minimum atomic E-state index is -0.741. The van der Waals surface area contributed by atoms with Crippen LogP contribution in [-0.4, -0.2) is 24.5 Å². The molecule has 28 heavy (non-hydrogen) atoms. The molecule has 1 aliphatic heterocycles. The van der Waals surface area contributed by atoms with Crippen LogP contribution in [0.25, 0.3) is 11.0 Å². The lowest BCUT2D eigenvalue weighted by atomic mass is 10.0. The first-order chi connectivity index (χ1) is 13.4. The van der Waals surface area contributed by atoms with Gasteiger partial charge in [-0.05, 0) is 42.0 Å². The molecule has 2 heterocycles. The van der Waals surface area contributed by atoms with Gasteiger partial charge in [-0.2, -0.15) is 0 Å². The number of nitrogens with one attached hydrogen (secondary N) is 3. The van der Waals surface area contributed by atoms with E-state index < -0.39 is 29.8 Å². The molecule has 3 aromatic rings. The maximum atomic E-state index is 13.6. The SMILES string of the molecule is O=C1NCC(C(=O)N[C@H](c2ccc(F)c(Cl)c2)c2cc3cc(Cl)ccc3o2)N1. The molecule has 0 spiro atoms. The topological polar surface area (TPSA) is 83.4 Å². The standard InChI is InChI=1S/C19H14Cl2FN3O3/c20-11-2-4-15-10(5-11)7-16(28-15)17(9-1-3-13(22)12(21)6-9)25-18(26)14-8-23-19(27)24-14/h1-7,14,17H,8H2,(H,25,26)(H2,23,24,27)/t14?,17-/m1/s1. The molecule has 4 rings (SSSR count). The molecular formula is C19H14Cl2FN3O3. The molecular weight excluding hydrogens is 408 g/mol. The van der Waals surface area contributed by atoms with Crippen LogP contribution in [0.15, 0.2) is 46.9 Å². The van der Waals surface area contributed by atoms with Crippen LogP contribution in [0.5, 0.6) is 0 Å². The number of benzene rings is 2. The van der Waals surface area contributed by atoms with E-state index in [1.807, 2.05) is 0 Å². The second kappa shape index (κ2) is 7.33. The number of hydrogen-bond acceptors (Lipinski definition) is 3. The highest BCUT2D eigenvalue weighted by molar-refractivity contribution is 6.31. The van der Waals surface area contributed by atoms with E-state index in [9.17, 15) is 14.0 Å². The van der Waals surface area contributed by atoms with Gasteiger partial charge in [0.05, 0.1) is 5.02 Å². The van der Waals surface area contributed by atoms with Gasteiger partial charge < -0.3 is 20.4 Å². The Balaban J connectivity index is 1.72. The van der Waals surface area contributed by atoms with Crippen molar-refractivity contribution in [2.75, 3.05) is 6.54 Å². The minimum Gasteiger partial charge on any atom is -0.459 e. The summed E-state index contributed by atoms with van der Waals surface area (Å²) in [6.07, 6.45) is 0. The van der Waals surface area contributed by atoms with Crippen LogP contribution in [0.3, 0.4) is 0 Å². The largest absolute Gasteiger partial charge is 0.459 e. The zero-order valence-electron chi connectivity index (χ0n) is 14.3. The van der Waals surface area contributed by atoms with E-state index in [0.717, 1.165) is 5.39 Å². The molecule has 0 radical (unpaired) electrons. The van der Waals surface area contributed by atoms with Crippen LogP contribution >= 0.6 is 23.2 Å². The van der Waals surface area contributed by atoms with Gasteiger partial charge in [-0.15, -0.1) is 0 Å². The molecule has 6 nitrogen and oxygen atoms in total. The molecule has 1 aromatic heterocycles. The lowest BCUT2D eigenvalue weighted by molar-refractivity contribution is -0.123. The van der Waals surface area contributed by atoms with Crippen LogP contribution in [0.1, 0.15) is 17.4 Å². The average Bonchev–Trinajstić information content (AvgIpc) is 3.27. The highest BCUT2D eigenvalue weighted by atomic mass is 35.5. The molecule has 1 saturated heterocycles. The van der Waals surface area contributed by atoms with Crippen LogP contribution < -0.4 is 16.0 Å². The van der Waals surface area contributed by atoms with Crippen LogP contribution in [0, 0.1) is 5.82 Å². The summed E-state index contributed by atoms with van der Waals surface area (Å²) in [5.74, 6) is -0.563. The third-order valence-corrected chi connectivity index (χ3v) is 4.96. The first kappa shape index (κ1) is 18.6. The molecule has 144 valence electrons. The summed E-state index contributed by atoms with van der Waals surface area (Å²) in [6.45, 7) is 0.164. The molecule has 0 aliphatic carbocycles. The quantitative estimate of drug-likeness (QED) is 0.599. The number of carbonyl (C=O) groups is 2. The molecule has 1 fully saturated rings. The van der Waals surface area contributed by atoms with Crippen molar-refractivity contribution in [1.82, 2.24) is 16.0 Å². The van der Waals surface area contributed by atoms with Gasteiger partial charge in [-0.1, -0.05) is 29.3 Å². The van der Waals surface area contributed by atoms with Gasteiger partial charge in [0.25, 0.3) is 0 Å². The molecule has 3 amide bonds. The van der Waals surface area contributed by atoms with Crippen molar-refractivity contribution in [3.05, 3.63) is 69.7 Å². The Kier molecular flexibility index (Phi) is 4.87. The van der Waals surface area contributed by atoms with Crippen molar-refractivity contribution in [3.8, 4) is 0 Å². The highest BCUT2D eigenvalue weighted by Crippen LogP contribution is 2.31. The van der Waals surface area contributed by atoms with Gasteiger partial charge in [-0.3, -0.25) is 4.79 Å². The normalized spacial score (nSPS) is 17.2. The Hall–Kier alpha value is -2.77. The fourth-order valence-corrected chi connectivity index (χ4v) is 3.41. The fraction of sp³-hybridized carbons (Fsp3) is 0.158. The van der Waals surface area contributed by atoms with Crippen molar-refractivity contribution in [2.24, 2.45) is 0 Å². The van der Waals surface area contributed by atoms with Crippen molar-refractivity contribution in [2.45, 2.75) is 12.1 Å². The number of carbonyl (C=O) groups excluding carboxylic acids is 2. The summed E-state index contributed by atoms with van der Waals surface area (Å²) in [5.41, 5.74) is 1.12. The Labute approximate surface area is 169 Å². The first-order valence-electron chi connectivity index (χ1n) is 8.39. The van der Waals surface area contributed by atoms with E-state index in [4.69, 9.17) is 27.6 Å². The van der Waals surface area contributed by atoms with Gasteiger partial charge in [0.15, 0.2) is 0 Å². The van der Waals surface area contributed by atoms with Gasteiger partial charge in [0.1, 0.15) is 29.2 Å². The van der Waals surface area contributed by atoms with E-state index in [0.29, 0.717) is 21.9 Å². The molecule has 9 heteroatoms. The maximum Gasteiger partial charge on any atom is 0.315 e. The number of halogens is 3. The molecule has 0 bridgehead atoms. The van der Waals surface area contributed by atoms with Crippen molar-refractivity contribution in [1.29, 1.82) is 0 Å². The highest BCUT2D eigenvalue weighted by Gasteiger charge is 2.30. The molecule has 2 atom stereocenters. The molecule has 1 unspecified atom stereocenters. The third kappa shape index (κ3) is 3.63. The van der Waals surface area contributed by atoms with Crippen LogP contribution in [0.2, 0.25) is 10.0 Å². The van der Waals surface area contributed by atoms with Gasteiger partial charge >= 0.3 is 6.03 Å². The third-order valence-electron chi connectivity index (χ3n) is 4.43. The average molecular weight is 422 g/mol. The maximum absolute atomic E-state index is 13.6. The number of amides is 3. The second-order valence-corrected chi connectivity index (χ2v) is 7.20. The zero-order valence-corrected chi connectivity index (χ0v) is 15.8. The molecule has 2 aromatic carbocycles. The number of rotatable bonds is 4. The van der Waals surface area contributed by atoms with Crippen molar-refractivity contribution in [3.63, 3.8) is 0 Å². The predicted octanol–water partition coefficient (Wildman–Crippen LogP) is 3.77. The number of hydrogen-bond donors (Lipinski definition) is 3. The van der Waals surface area contributed by atoms with Crippen molar-refractivity contribution >= 4 is 46.1 Å². The van der Waals surface area contributed by atoms with Gasteiger partial charge in [0, 0.05) is 17.0 Å².